The second-order valence-electron chi connectivity index (χ2n) is 3.22. The number of hydrogen-bond donors (Lipinski definition) is 1. The van der Waals surface area contributed by atoms with E-state index in [0.717, 1.165) is 0 Å². The molecule has 0 heterocycles. The third-order valence-corrected chi connectivity index (χ3v) is 1.28. The molecule has 0 fully saturated rings. The highest BCUT2D eigenvalue weighted by Gasteiger charge is 2.29. The van der Waals surface area contributed by atoms with Gasteiger partial charge in [-0.05, 0) is 13.8 Å². The van der Waals surface area contributed by atoms with Gasteiger partial charge in [0, 0.05) is 5.92 Å². The number of rotatable bonds is 2. The van der Waals surface area contributed by atoms with Crippen LogP contribution in [-0.4, -0.2) is 23.3 Å². The van der Waals surface area contributed by atoms with Crippen molar-refractivity contribution in [3.63, 3.8) is 0 Å². The zero-order chi connectivity index (χ0) is 10.5. The van der Waals surface area contributed by atoms with Crippen LogP contribution in [0.4, 0.5) is 0 Å². The van der Waals surface area contributed by atoms with Gasteiger partial charge in [0.25, 0.3) is 0 Å². The smallest absolute Gasteiger partial charge is 0.350 e. The minimum absolute atomic E-state index is 0.126. The van der Waals surface area contributed by atoms with Crippen LogP contribution in [0.1, 0.15) is 27.7 Å². The molecule has 0 saturated heterocycles. The Morgan fingerprint density at radius 3 is 2.54 bits per heavy atom. The molecule has 13 heavy (non-hydrogen) atoms. The Balaban J connectivity index is 4.41. The molecule has 0 saturated carbocycles. The molecule has 0 amide bonds. The summed E-state index contributed by atoms with van der Waals surface area (Å²) in [7, 11) is 0. The molecular formula is C10H16O3. The van der Waals surface area contributed by atoms with E-state index in [1.807, 2.05) is 13.8 Å². The minimum atomic E-state index is -1.68. The van der Waals surface area contributed by atoms with Gasteiger partial charge in [-0.25, -0.2) is 4.79 Å². The van der Waals surface area contributed by atoms with E-state index in [0.29, 0.717) is 0 Å². The molecule has 0 aliphatic rings. The fourth-order valence-electron chi connectivity index (χ4n) is 0.608. The molecule has 0 bridgehead atoms. The number of esters is 1. The molecule has 0 aromatic heterocycles. The van der Waals surface area contributed by atoms with Gasteiger partial charge in [0.05, 0.1) is 6.61 Å². The van der Waals surface area contributed by atoms with Gasteiger partial charge < -0.3 is 9.84 Å². The van der Waals surface area contributed by atoms with E-state index < -0.39 is 11.6 Å². The first-order valence-corrected chi connectivity index (χ1v) is 4.32. The maximum atomic E-state index is 11.1. The lowest BCUT2D eigenvalue weighted by Gasteiger charge is -2.13. The average molecular weight is 184 g/mol. The summed E-state index contributed by atoms with van der Waals surface area (Å²) < 4.78 is 4.65. The van der Waals surface area contributed by atoms with E-state index in [2.05, 4.69) is 16.6 Å². The second-order valence-corrected chi connectivity index (χ2v) is 3.22. The number of carbonyl (C=O) groups is 1. The van der Waals surface area contributed by atoms with Crippen molar-refractivity contribution >= 4 is 5.97 Å². The van der Waals surface area contributed by atoms with Gasteiger partial charge in [0.15, 0.2) is 0 Å². The van der Waals surface area contributed by atoms with E-state index in [9.17, 15) is 9.90 Å². The molecule has 1 N–H and O–H groups in total. The average Bonchev–Trinajstić information content (AvgIpc) is 2.01. The Hall–Kier alpha value is -1.01. The van der Waals surface area contributed by atoms with Crippen LogP contribution in [-0.2, 0) is 9.53 Å². The topological polar surface area (TPSA) is 46.5 Å². The molecule has 0 aliphatic heterocycles. The summed E-state index contributed by atoms with van der Waals surface area (Å²) in [6.07, 6.45) is 0. The zero-order valence-electron chi connectivity index (χ0n) is 8.55. The molecule has 0 rings (SSSR count). The van der Waals surface area contributed by atoms with E-state index in [4.69, 9.17) is 0 Å². The third kappa shape index (κ3) is 4.54. The number of aliphatic hydroxyl groups is 1. The van der Waals surface area contributed by atoms with Gasteiger partial charge >= 0.3 is 5.97 Å². The quantitative estimate of drug-likeness (QED) is 0.513. The largest absolute Gasteiger partial charge is 0.463 e. The molecule has 0 radical (unpaired) electrons. The highest BCUT2D eigenvalue weighted by Crippen LogP contribution is 2.04. The SMILES string of the molecule is CCOC(=O)C(C)(O)C#CC(C)C. The minimum Gasteiger partial charge on any atom is -0.463 e. The summed E-state index contributed by atoms with van der Waals surface area (Å²) in [5, 5.41) is 9.51. The number of ether oxygens (including phenoxy) is 1. The Morgan fingerprint density at radius 1 is 1.62 bits per heavy atom. The van der Waals surface area contributed by atoms with Gasteiger partial charge in [-0.2, -0.15) is 0 Å². The van der Waals surface area contributed by atoms with Crippen LogP contribution in [0, 0.1) is 17.8 Å². The van der Waals surface area contributed by atoms with Crippen LogP contribution < -0.4 is 0 Å². The van der Waals surface area contributed by atoms with Crippen molar-refractivity contribution < 1.29 is 14.6 Å². The summed E-state index contributed by atoms with van der Waals surface area (Å²) in [5.41, 5.74) is -1.68. The monoisotopic (exact) mass is 184 g/mol. The lowest BCUT2D eigenvalue weighted by molar-refractivity contribution is -0.157. The van der Waals surface area contributed by atoms with Gasteiger partial charge in [-0.3, -0.25) is 0 Å². The van der Waals surface area contributed by atoms with E-state index in [1.54, 1.807) is 6.92 Å². The molecule has 1 unspecified atom stereocenters. The molecule has 3 nitrogen and oxygen atoms in total. The van der Waals surface area contributed by atoms with Gasteiger partial charge in [-0.15, -0.1) is 0 Å². The van der Waals surface area contributed by atoms with Crippen LogP contribution in [0.5, 0.6) is 0 Å². The van der Waals surface area contributed by atoms with E-state index >= 15 is 0 Å². The predicted molar refractivity (Wildman–Crippen MR) is 49.9 cm³/mol. The first kappa shape index (κ1) is 12.0. The van der Waals surface area contributed by atoms with Crippen molar-refractivity contribution in [2.75, 3.05) is 6.61 Å². The van der Waals surface area contributed by atoms with Crippen LogP contribution in [0.25, 0.3) is 0 Å². The molecule has 0 aromatic carbocycles. The van der Waals surface area contributed by atoms with Crippen LogP contribution in [0.3, 0.4) is 0 Å². The van der Waals surface area contributed by atoms with Gasteiger partial charge in [-0.1, -0.05) is 25.7 Å². The maximum Gasteiger partial charge on any atom is 0.350 e. The van der Waals surface area contributed by atoms with Crippen LogP contribution in [0.15, 0.2) is 0 Å². The molecule has 74 valence electrons. The summed E-state index contributed by atoms with van der Waals surface area (Å²) in [6, 6.07) is 0. The Bertz CT molecular complexity index is 230. The Morgan fingerprint density at radius 2 is 2.15 bits per heavy atom. The number of carbonyl (C=O) groups excluding carboxylic acids is 1. The normalized spacial score (nSPS) is 14.3. The van der Waals surface area contributed by atoms with Gasteiger partial charge in [0.1, 0.15) is 0 Å². The van der Waals surface area contributed by atoms with Crippen LogP contribution in [0.2, 0.25) is 0 Å². The van der Waals surface area contributed by atoms with Crippen molar-refractivity contribution in [3.8, 4) is 11.8 Å². The molecule has 0 aromatic rings. The summed E-state index contributed by atoms with van der Waals surface area (Å²) in [4.78, 5) is 11.1. The highest BCUT2D eigenvalue weighted by atomic mass is 16.5. The van der Waals surface area contributed by atoms with Crippen LogP contribution >= 0.6 is 0 Å². The molecule has 0 spiro atoms. The number of hydrogen-bond acceptors (Lipinski definition) is 3. The van der Waals surface area contributed by atoms with Crippen molar-refractivity contribution in [1.82, 2.24) is 0 Å². The van der Waals surface area contributed by atoms with E-state index in [1.165, 1.54) is 6.92 Å². The third-order valence-electron chi connectivity index (χ3n) is 1.28. The fourth-order valence-corrected chi connectivity index (χ4v) is 0.608. The first-order valence-electron chi connectivity index (χ1n) is 4.32. The summed E-state index contributed by atoms with van der Waals surface area (Å²) in [6.45, 7) is 7.03. The van der Waals surface area contributed by atoms with Crippen molar-refractivity contribution in [2.45, 2.75) is 33.3 Å². The first-order chi connectivity index (χ1) is 5.90. The van der Waals surface area contributed by atoms with Crippen molar-refractivity contribution in [3.05, 3.63) is 0 Å². The van der Waals surface area contributed by atoms with Gasteiger partial charge in [0.2, 0.25) is 5.60 Å². The standard InChI is InChI=1S/C10H16O3/c1-5-13-9(11)10(4,12)7-6-8(2)3/h8,12H,5H2,1-4H3. The summed E-state index contributed by atoms with van der Waals surface area (Å²) >= 11 is 0. The molecule has 3 heteroatoms. The lowest BCUT2D eigenvalue weighted by atomic mass is 10.1. The summed E-state index contributed by atoms with van der Waals surface area (Å²) in [5.74, 6) is 4.63. The highest BCUT2D eigenvalue weighted by molar-refractivity contribution is 5.82. The van der Waals surface area contributed by atoms with Crippen molar-refractivity contribution in [1.29, 1.82) is 0 Å². The second kappa shape index (κ2) is 4.88. The molecule has 0 aliphatic carbocycles. The fraction of sp³-hybridized carbons (Fsp3) is 0.700. The molecular weight excluding hydrogens is 168 g/mol. The lowest BCUT2D eigenvalue weighted by Crippen LogP contribution is -2.35. The van der Waals surface area contributed by atoms with Crippen molar-refractivity contribution in [2.24, 2.45) is 5.92 Å². The zero-order valence-corrected chi connectivity index (χ0v) is 8.55. The Labute approximate surface area is 79.1 Å². The maximum absolute atomic E-state index is 11.1. The van der Waals surface area contributed by atoms with E-state index in [-0.39, 0.29) is 12.5 Å². The molecule has 1 atom stereocenters. The predicted octanol–water partition coefficient (Wildman–Crippen LogP) is 0.960. The Kier molecular flexibility index (Phi) is 4.50.